The Hall–Kier alpha value is -1.21. The third-order valence-electron chi connectivity index (χ3n) is 9.53. The van der Waals surface area contributed by atoms with Crippen LogP contribution in [0, 0.1) is 0 Å². The van der Waals surface area contributed by atoms with Crippen molar-refractivity contribution in [3.8, 4) is 0 Å². The van der Waals surface area contributed by atoms with Crippen molar-refractivity contribution in [1.29, 1.82) is 0 Å². The SMILES string of the molecule is CCCC/C=C\CCCCCCCC(=O)OC(COC(=O)CCCCCCCCCCCCCCCCCCCCCCCC)COP(=O)(O)O. The second kappa shape index (κ2) is 38.5. The van der Waals surface area contributed by atoms with E-state index in [4.69, 9.17) is 19.3 Å². The van der Waals surface area contributed by atoms with E-state index in [0.717, 1.165) is 57.8 Å². The van der Waals surface area contributed by atoms with Crippen LogP contribution in [0.25, 0.3) is 0 Å². The highest BCUT2D eigenvalue weighted by Crippen LogP contribution is 2.36. The number of rotatable bonds is 40. The molecular weight excluding hydrogens is 663 g/mol. The Morgan fingerprint density at radius 2 is 0.843 bits per heavy atom. The minimum Gasteiger partial charge on any atom is -0.462 e. The summed E-state index contributed by atoms with van der Waals surface area (Å²) in [4.78, 5) is 42.7. The first-order valence-corrected chi connectivity index (χ1v) is 23.0. The van der Waals surface area contributed by atoms with Gasteiger partial charge in [-0.3, -0.25) is 14.1 Å². The molecule has 0 aliphatic rings. The van der Waals surface area contributed by atoms with Gasteiger partial charge in [-0.1, -0.05) is 193 Å². The van der Waals surface area contributed by atoms with Crippen molar-refractivity contribution >= 4 is 19.8 Å². The highest BCUT2D eigenvalue weighted by molar-refractivity contribution is 7.46. The van der Waals surface area contributed by atoms with Gasteiger partial charge in [0.15, 0.2) is 6.10 Å². The van der Waals surface area contributed by atoms with Gasteiger partial charge >= 0.3 is 19.8 Å². The predicted molar refractivity (Wildman–Crippen MR) is 212 cm³/mol. The summed E-state index contributed by atoms with van der Waals surface area (Å²) in [6.07, 6.45) is 42.4. The Morgan fingerprint density at radius 1 is 0.490 bits per heavy atom. The molecule has 0 bridgehead atoms. The van der Waals surface area contributed by atoms with Crippen molar-refractivity contribution in [1.82, 2.24) is 0 Å². The summed E-state index contributed by atoms with van der Waals surface area (Å²) in [6.45, 7) is 3.66. The van der Waals surface area contributed by atoms with Gasteiger partial charge in [0.2, 0.25) is 0 Å². The Bertz CT molecular complexity index is 843. The number of phosphoric ester groups is 1. The van der Waals surface area contributed by atoms with Gasteiger partial charge in [0.05, 0.1) is 6.61 Å². The molecule has 1 unspecified atom stereocenters. The van der Waals surface area contributed by atoms with Crippen LogP contribution < -0.4 is 0 Å². The van der Waals surface area contributed by atoms with Gasteiger partial charge in [-0.05, 0) is 32.1 Å². The van der Waals surface area contributed by atoms with Gasteiger partial charge in [0, 0.05) is 12.8 Å². The van der Waals surface area contributed by atoms with Crippen LogP contribution in [0.1, 0.15) is 226 Å². The van der Waals surface area contributed by atoms with Crippen LogP contribution in [0.2, 0.25) is 0 Å². The van der Waals surface area contributed by atoms with Crippen LogP contribution in [0.5, 0.6) is 0 Å². The number of phosphoric acid groups is 1. The molecule has 0 aliphatic carbocycles. The van der Waals surface area contributed by atoms with Crippen molar-refractivity contribution in [2.24, 2.45) is 0 Å². The third kappa shape index (κ3) is 41.4. The quantitative estimate of drug-likeness (QED) is 0.0275. The topological polar surface area (TPSA) is 119 Å². The summed E-state index contributed by atoms with van der Waals surface area (Å²) < 4.78 is 26.3. The fourth-order valence-corrected chi connectivity index (χ4v) is 6.66. The van der Waals surface area contributed by atoms with E-state index < -0.39 is 32.5 Å². The van der Waals surface area contributed by atoms with Gasteiger partial charge in [-0.25, -0.2) is 4.57 Å². The lowest BCUT2D eigenvalue weighted by atomic mass is 10.0. The van der Waals surface area contributed by atoms with Gasteiger partial charge in [0.1, 0.15) is 6.61 Å². The van der Waals surface area contributed by atoms with E-state index >= 15 is 0 Å². The zero-order valence-corrected chi connectivity index (χ0v) is 34.2. The Morgan fingerprint density at radius 3 is 1.25 bits per heavy atom. The molecule has 0 saturated heterocycles. The minimum absolute atomic E-state index is 0.205. The fourth-order valence-electron chi connectivity index (χ4n) is 6.30. The molecule has 302 valence electrons. The number of allylic oxidation sites excluding steroid dienone is 2. The van der Waals surface area contributed by atoms with Crippen LogP contribution in [-0.2, 0) is 28.2 Å². The van der Waals surface area contributed by atoms with Gasteiger partial charge in [-0.2, -0.15) is 0 Å². The van der Waals surface area contributed by atoms with Gasteiger partial charge in [0.25, 0.3) is 0 Å². The average Bonchev–Trinajstić information content (AvgIpc) is 3.10. The first kappa shape index (κ1) is 49.8. The lowest BCUT2D eigenvalue weighted by Crippen LogP contribution is -2.29. The van der Waals surface area contributed by atoms with E-state index in [2.05, 4.69) is 30.5 Å². The molecule has 0 aromatic carbocycles. The van der Waals surface area contributed by atoms with Crippen LogP contribution in [0.15, 0.2) is 12.2 Å². The molecule has 0 rings (SSSR count). The monoisotopic (exact) mass is 745 g/mol. The second-order valence-corrected chi connectivity index (χ2v) is 15.9. The zero-order valence-electron chi connectivity index (χ0n) is 33.3. The summed E-state index contributed by atoms with van der Waals surface area (Å²) in [5.41, 5.74) is 0. The lowest BCUT2D eigenvalue weighted by molar-refractivity contribution is -0.161. The van der Waals surface area contributed by atoms with Crippen molar-refractivity contribution in [3.63, 3.8) is 0 Å². The van der Waals surface area contributed by atoms with E-state index in [1.165, 1.54) is 135 Å². The molecular formula is C42H81O8P. The number of carbonyl (C=O) groups is 2. The normalized spacial score (nSPS) is 12.5. The Kier molecular flexibility index (Phi) is 37.6. The number of hydrogen-bond acceptors (Lipinski definition) is 6. The number of hydrogen-bond donors (Lipinski definition) is 2. The smallest absolute Gasteiger partial charge is 0.462 e. The molecule has 0 saturated carbocycles. The van der Waals surface area contributed by atoms with Crippen molar-refractivity contribution in [2.75, 3.05) is 13.2 Å². The lowest BCUT2D eigenvalue weighted by Gasteiger charge is -2.18. The minimum atomic E-state index is -4.75. The van der Waals surface area contributed by atoms with Crippen LogP contribution in [0.3, 0.4) is 0 Å². The summed E-state index contributed by atoms with van der Waals surface area (Å²) in [5, 5.41) is 0. The zero-order chi connectivity index (χ0) is 37.5. The molecule has 8 nitrogen and oxygen atoms in total. The van der Waals surface area contributed by atoms with Crippen molar-refractivity contribution < 1.29 is 37.9 Å². The molecule has 0 aliphatic heterocycles. The molecule has 0 amide bonds. The molecule has 0 radical (unpaired) electrons. The fraction of sp³-hybridized carbons (Fsp3) is 0.905. The molecule has 0 aromatic heterocycles. The van der Waals surface area contributed by atoms with Gasteiger partial charge in [-0.15, -0.1) is 0 Å². The van der Waals surface area contributed by atoms with E-state index in [1.807, 2.05) is 0 Å². The van der Waals surface area contributed by atoms with E-state index in [-0.39, 0.29) is 19.4 Å². The Labute approximate surface area is 314 Å². The third-order valence-corrected chi connectivity index (χ3v) is 10.0. The summed E-state index contributed by atoms with van der Waals surface area (Å²) in [7, 11) is -4.75. The summed E-state index contributed by atoms with van der Waals surface area (Å²) in [5.74, 6) is -0.885. The van der Waals surface area contributed by atoms with E-state index in [1.54, 1.807) is 0 Å². The maximum atomic E-state index is 12.3. The van der Waals surface area contributed by atoms with Crippen LogP contribution in [-0.4, -0.2) is 41.0 Å². The summed E-state index contributed by atoms with van der Waals surface area (Å²) >= 11 is 0. The predicted octanol–water partition coefficient (Wildman–Crippen LogP) is 13.0. The molecule has 0 heterocycles. The average molecular weight is 745 g/mol. The van der Waals surface area contributed by atoms with Crippen molar-refractivity contribution in [2.45, 2.75) is 232 Å². The highest BCUT2D eigenvalue weighted by atomic mass is 31.2. The largest absolute Gasteiger partial charge is 0.469 e. The Balaban J connectivity index is 3.78. The first-order valence-electron chi connectivity index (χ1n) is 21.5. The standard InChI is InChI=1S/C42H81O8P/c1-3-5-7-9-11-13-15-16-17-18-19-20-21-22-23-24-25-27-28-30-32-34-36-41(43)48-38-40(39-49-51(45,46)47)50-42(44)37-35-33-31-29-26-14-12-10-8-6-4-2/h10,12,40H,3-9,11,13-39H2,1-2H3,(H2,45,46,47)/b12-10-. The number of ether oxygens (including phenoxy) is 2. The molecule has 0 fully saturated rings. The molecule has 9 heteroatoms. The first-order chi connectivity index (χ1) is 24.8. The number of esters is 2. The van der Waals surface area contributed by atoms with Crippen LogP contribution >= 0.6 is 7.82 Å². The molecule has 2 N–H and O–H groups in total. The molecule has 51 heavy (non-hydrogen) atoms. The van der Waals surface area contributed by atoms with Gasteiger partial charge < -0.3 is 19.3 Å². The molecule has 1 atom stereocenters. The number of unbranched alkanes of at least 4 members (excludes halogenated alkanes) is 28. The maximum Gasteiger partial charge on any atom is 0.469 e. The highest BCUT2D eigenvalue weighted by Gasteiger charge is 2.22. The maximum absolute atomic E-state index is 12.3. The molecule has 0 spiro atoms. The second-order valence-electron chi connectivity index (χ2n) is 14.7. The van der Waals surface area contributed by atoms with Crippen molar-refractivity contribution in [3.05, 3.63) is 12.2 Å². The van der Waals surface area contributed by atoms with E-state index in [9.17, 15) is 14.2 Å². The number of carbonyl (C=O) groups excluding carboxylic acids is 2. The molecule has 0 aromatic rings. The summed E-state index contributed by atoms with van der Waals surface area (Å²) in [6, 6.07) is 0. The van der Waals surface area contributed by atoms with Crippen LogP contribution in [0.4, 0.5) is 0 Å². The van der Waals surface area contributed by atoms with E-state index in [0.29, 0.717) is 6.42 Å².